The second-order valence-corrected chi connectivity index (χ2v) is 6.78. The molecule has 0 fully saturated rings. The number of hydrogen-bond donors (Lipinski definition) is 3. The van der Waals surface area contributed by atoms with Crippen LogP contribution >= 0.6 is 0 Å². The van der Waals surface area contributed by atoms with E-state index in [2.05, 4.69) is 0 Å². The maximum atomic E-state index is 14.9. The molecule has 0 saturated carbocycles. The van der Waals surface area contributed by atoms with Crippen LogP contribution in [-0.2, 0) is 6.18 Å². The largest absolute Gasteiger partial charge is 0.493 e. The first-order valence-corrected chi connectivity index (χ1v) is 9.42. The van der Waals surface area contributed by atoms with Crippen LogP contribution in [-0.4, -0.2) is 24.1 Å². The van der Waals surface area contributed by atoms with Crippen molar-refractivity contribution in [2.45, 2.75) is 6.18 Å². The van der Waals surface area contributed by atoms with Gasteiger partial charge in [-0.1, -0.05) is 0 Å². The summed E-state index contributed by atoms with van der Waals surface area (Å²) in [6, 6.07) is 6.32. The molecule has 13 heteroatoms. The summed E-state index contributed by atoms with van der Waals surface area (Å²) in [6.07, 6.45) is -5.17. The summed E-state index contributed by atoms with van der Waals surface area (Å²) in [5.41, 5.74) is -2.83. The fourth-order valence-electron chi connectivity index (χ4n) is 2.95. The van der Waals surface area contributed by atoms with E-state index in [9.17, 15) is 35.9 Å². The first-order valence-electron chi connectivity index (χ1n) is 9.42. The van der Waals surface area contributed by atoms with Crippen LogP contribution < -0.4 is 20.3 Å². The monoisotopic (exact) mass is 500 g/mol. The quantitative estimate of drug-likeness (QED) is 0.243. The number of halogens is 6. The van der Waals surface area contributed by atoms with Crippen molar-refractivity contribution in [3.8, 4) is 17.2 Å². The van der Waals surface area contributed by atoms with Gasteiger partial charge in [-0.05, 0) is 42.5 Å². The van der Waals surface area contributed by atoms with E-state index >= 15 is 0 Å². The number of carbonyl (C=O) groups excluding carboxylic acids is 2. The predicted octanol–water partition coefficient (Wildman–Crippen LogP) is 5.29. The molecular weight excluding hydrogens is 486 g/mol. The van der Waals surface area contributed by atoms with Crippen molar-refractivity contribution < 1.29 is 50.6 Å². The Balaban J connectivity index is 2.08. The van der Waals surface area contributed by atoms with Crippen LogP contribution in [0.5, 0.6) is 17.2 Å². The Bertz CT molecular complexity index is 1300. The average Bonchev–Trinajstić information content (AvgIpc) is 2.80. The number of rotatable bonds is 6. The van der Waals surface area contributed by atoms with E-state index < -0.39 is 57.9 Å². The first-order chi connectivity index (χ1) is 16.5. The molecule has 35 heavy (non-hydrogen) atoms. The molecule has 3 N–H and O–H groups in total. The molecule has 0 heterocycles. The van der Waals surface area contributed by atoms with Gasteiger partial charge in [0, 0.05) is 11.8 Å². The zero-order valence-electron chi connectivity index (χ0n) is 17.5. The van der Waals surface area contributed by atoms with Crippen LogP contribution in [0.15, 0.2) is 48.5 Å². The van der Waals surface area contributed by atoms with Crippen molar-refractivity contribution in [3.63, 3.8) is 0 Å². The number of benzene rings is 3. The van der Waals surface area contributed by atoms with Crippen molar-refractivity contribution in [2.75, 3.05) is 12.4 Å². The van der Waals surface area contributed by atoms with Gasteiger partial charge >= 0.3 is 6.18 Å². The van der Waals surface area contributed by atoms with Gasteiger partial charge in [-0.15, -0.1) is 0 Å². The molecule has 0 unspecified atom stereocenters. The molecule has 0 saturated heterocycles. The van der Waals surface area contributed by atoms with Crippen LogP contribution in [0.3, 0.4) is 0 Å². The number of hydrogen-bond acceptors (Lipinski definition) is 5. The summed E-state index contributed by atoms with van der Waals surface area (Å²) in [7, 11) is 1.15. The van der Waals surface area contributed by atoms with Crippen LogP contribution in [0.25, 0.3) is 0 Å². The second-order valence-electron chi connectivity index (χ2n) is 6.78. The molecule has 0 aromatic heterocycles. The molecular formula is C22H14F6N2O5. The normalized spacial score (nSPS) is 11.1. The highest BCUT2D eigenvalue weighted by Gasteiger charge is 2.37. The number of anilines is 1. The lowest BCUT2D eigenvalue weighted by atomic mass is 10.1. The van der Waals surface area contributed by atoms with Crippen LogP contribution in [0.2, 0.25) is 0 Å². The molecule has 3 aromatic rings. The number of carbonyl (C=O) groups is 2. The second kappa shape index (κ2) is 9.93. The first kappa shape index (κ1) is 25.4. The van der Waals surface area contributed by atoms with Gasteiger partial charge in [0.15, 0.2) is 17.3 Å². The van der Waals surface area contributed by atoms with Gasteiger partial charge in [-0.2, -0.15) is 13.2 Å². The van der Waals surface area contributed by atoms with Gasteiger partial charge in [0.1, 0.15) is 22.9 Å². The van der Waals surface area contributed by atoms with Crippen molar-refractivity contribution >= 4 is 17.5 Å². The molecule has 0 spiro atoms. The maximum Gasteiger partial charge on any atom is 0.419 e. The number of ether oxygens (including phenoxy) is 2. The number of amides is 2. The summed E-state index contributed by atoms with van der Waals surface area (Å²) in [5, 5.41) is 10.7. The molecule has 3 rings (SSSR count). The van der Waals surface area contributed by atoms with E-state index in [4.69, 9.17) is 14.7 Å². The topological polar surface area (TPSA) is 96.9 Å². The number of methoxy groups -OCH3 is 1. The Morgan fingerprint density at radius 1 is 0.886 bits per heavy atom. The highest BCUT2D eigenvalue weighted by molar-refractivity contribution is 6.07. The highest BCUT2D eigenvalue weighted by Crippen LogP contribution is 2.39. The average molecular weight is 500 g/mol. The maximum absolute atomic E-state index is 14.9. The van der Waals surface area contributed by atoms with Crippen molar-refractivity contribution in [2.24, 2.45) is 0 Å². The fraction of sp³-hybridized carbons (Fsp3) is 0.0909. The van der Waals surface area contributed by atoms with E-state index in [-0.39, 0.29) is 17.2 Å². The number of nitrogens with one attached hydrogen (secondary N) is 2. The SMILES string of the molecule is COc1cc(F)ccc1Oc1ccc(C(F)(F)F)c(F)c1C(=O)Nc1ccc(F)c(C(=O)NO)c1. The molecule has 0 bridgehead atoms. The molecule has 0 atom stereocenters. The summed E-state index contributed by atoms with van der Waals surface area (Å²) >= 11 is 0. The van der Waals surface area contributed by atoms with Gasteiger partial charge in [-0.3, -0.25) is 14.8 Å². The van der Waals surface area contributed by atoms with Crippen molar-refractivity contribution in [1.29, 1.82) is 0 Å². The lowest BCUT2D eigenvalue weighted by molar-refractivity contribution is -0.140. The zero-order chi connectivity index (χ0) is 25.9. The summed E-state index contributed by atoms with van der Waals surface area (Å²) in [5.74, 6) is -7.67. The fourth-order valence-corrected chi connectivity index (χ4v) is 2.95. The van der Waals surface area contributed by atoms with Crippen LogP contribution in [0, 0.1) is 17.5 Å². The van der Waals surface area contributed by atoms with Crippen LogP contribution in [0.4, 0.5) is 32.0 Å². The Kier molecular flexibility index (Phi) is 7.20. The zero-order valence-corrected chi connectivity index (χ0v) is 17.5. The van der Waals surface area contributed by atoms with E-state index in [1.54, 1.807) is 0 Å². The third-order valence-corrected chi connectivity index (χ3v) is 4.55. The number of hydroxylamine groups is 1. The molecule has 2 amide bonds. The van der Waals surface area contributed by atoms with E-state index in [0.29, 0.717) is 12.1 Å². The minimum absolute atomic E-state index is 0.199. The van der Waals surface area contributed by atoms with Gasteiger partial charge in [0.05, 0.1) is 18.2 Å². The Morgan fingerprint density at radius 2 is 1.57 bits per heavy atom. The minimum atomic E-state index is -5.17. The van der Waals surface area contributed by atoms with Crippen molar-refractivity contribution in [1.82, 2.24) is 5.48 Å². The lowest BCUT2D eigenvalue weighted by Crippen LogP contribution is -2.21. The van der Waals surface area contributed by atoms with Gasteiger partial charge in [-0.25, -0.2) is 18.7 Å². The molecule has 0 aliphatic carbocycles. The van der Waals surface area contributed by atoms with Gasteiger partial charge in [0.25, 0.3) is 11.8 Å². The third kappa shape index (κ3) is 5.46. The molecule has 184 valence electrons. The smallest absolute Gasteiger partial charge is 0.419 e. The molecule has 0 aliphatic heterocycles. The molecule has 0 aliphatic rings. The van der Waals surface area contributed by atoms with E-state index in [1.807, 2.05) is 5.32 Å². The number of alkyl halides is 3. The van der Waals surface area contributed by atoms with E-state index in [0.717, 1.165) is 43.5 Å². The third-order valence-electron chi connectivity index (χ3n) is 4.55. The Morgan fingerprint density at radius 3 is 2.20 bits per heavy atom. The standard InChI is InChI=1S/C22H14F6N2O5/c1-34-17-8-10(23)2-6-15(17)35-16-7-4-13(22(26,27)28)19(25)18(16)21(32)29-11-3-5-14(24)12(9-11)20(31)30-33/h2-9,33H,1H3,(H,29,32)(H,30,31). The minimum Gasteiger partial charge on any atom is -0.493 e. The molecule has 7 nitrogen and oxygen atoms in total. The molecule has 0 radical (unpaired) electrons. The lowest BCUT2D eigenvalue weighted by Gasteiger charge is -2.17. The summed E-state index contributed by atoms with van der Waals surface area (Å²) in [6.45, 7) is 0. The van der Waals surface area contributed by atoms with Gasteiger partial charge in [0.2, 0.25) is 0 Å². The van der Waals surface area contributed by atoms with Crippen molar-refractivity contribution in [3.05, 3.63) is 82.7 Å². The molecule has 3 aromatic carbocycles. The summed E-state index contributed by atoms with van der Waals surface area (Å²) in [4.78, 5) is 24.4. The van der Waals surface area contributed by atoms with Crippen LogP contribution in [0.1, 0.15) is 26.3 Å². The highest BCUT2D eigenvalue weighted by atomic mass is 19.4. The Labute approximate surface area is 192 Å². The Hall–Kier alpha value is -4.26. The van der Waals surface area contributed by atoms with Gasteiger partial charge < -0.3 is 14.8 Å². The predicted molar refractivity (Wildman–Crippen MR) is 108 cm³/mol. The summed E-state index contributed by atoms with van der Waals surface area (Å²) < 4.78 is 92.3. The van der Waals surface area contributed by atoms with E-state index in [1.165, 1.54) is 5.48 Å².